The highest BCUT2D eigenvalue weighted by atomic mass is 16.5. The number of carbonyl (C=O) groups is 1. The maximum Gasteiger partial charge on any atom is 0.339 e. The Balaban J connectivity index is 1.55. The smallest absolute Gasteiger partial charge is 0.339 e. The summed E-state index contributed by atoms with van der Waals surface area (Å²) in [7, 11) is 1.48. The molecule has 5 aromatic carbocycles. The van der Waals surface area contributed by atoms with Crippen molar-refractivity contribution in [1.82, 2.24) is 9.55 Å². The van der Waals surface area contributed by atoms with Crippen LogP contribution in [0.25, 0.3) is 28.3 Å². The van der Waals surface area contributed by atoms with Gasteiger partial charge in [0.15, 0.2) is 0 Å². The normalized spacial score (nSPS) is 11.0. The van der Waals surface area contributed by atoms with Crippen molar-refractivity contribution in [3.05, 3.63) is 150 Å². The molecule has 0 aliphatic rings. The fourth-order valence-electron chi connectivity index (χ4n) is 5.73. The first-order chi connectivity index (χ1) is 23.4. The summed E-state index contributed by atoms with van der Waals surface area (Å²) in [4.78, 5) is 17.4. The molecule has 1 heterocycles. The van der Waals surface area contributed by atoms with Gasteiger partial charge >= 0.3 is 5.97 Å². The van der Waals surface area contributed by atoms with E-state index in [1.54, 1.807) is 18.2 Å². The summed E-state index contributed by atoms with van der Waals surface area (Å²) in [5.74, 6) is 1.53. The highest BCUT2D eigenvalue weighted by Gasteiger charge is 2.26. The Hall–Kier alpha value is -5.82. The largest absolute Gasteiger partial charge is 0.496 e. The van der Waals surface area contributed by atoms with E-state index in [-0.39, 0.29) is 17.2 Å². The Bertz CT molecular complexity index is 2000. The van der Waals surface area contributed by atoms with E-state index in [1.165, 1.54) is 7.11 Å². The first-order valence-corrected chi connectivity index (χ1v) is 16.0. The second kappa shape index (κ2) is 14.7. The van der Waals surface area contributed by atoms with Crippen molar-refractivity contribution in [1.29, 1.82) is 0 Å². The Morgan fingerprint density at radius 1 is 0.708 bits per heavy atom. The van der Waals surface area contributed by atoms with Crippen LogP contribution in [-0.2, 0) is 19.6 Å². The summed E-state index contributed by atoms with van der Waals surface area (Å²) < 4.78 is 20.5. The number of carboxylic acids is 1. The van der Waals surface area contributed by atoms with Gasteiger partial charge in [-0.3, -0.25) is 4.57 Å². The van der Waals surface area contributed by atoms with E-state index >= 15 is 0 Å². The predicted octanol–water partition coefficient (Wildman–Crippen LogP) is 9.27. The van der Waals surface area contributed by atoms with Crippen molar-refractivity contribution in [2.24, 2.45) is 5.92 Å². The molecule has 7 nitrogen and oxygen atoms in total. The first kappa shape index (κ1) is 32.1. The van der Waals surface area contributed by atoms with Gasteiger partial charge in [0.25, 0.3) is 0 Å². The lowest BCUT2D eigenvalue weighted by Crippen LogP contribution is -2.09. The molecule has 0 bridgehead atoms. The second-order valence-corrected chi connectivity index (χ2v) is 11.9. The summed E-state index contributed by atoms with van der Waals surface area (Å²) in [5.41, 5.74) is 6.32. The van der Waals surface area contributed by atoms with Crippen LogP contribution >= 0.6 is 0 Å². The number of ether oxygens (including phenoxy) is 3. The number of aromatic carboxylic acids is 1. The maximum absolute atomic E-state index is 12.0. The van der Waals surface area contributed by atoms with Gasteiger partial charge in [0.2, 0.25) is 0 Å². The van der Waals surface area contributed by atoms with E-state index in [9.17, 15) is 9.90 Å². The Labute approximate surface area is 281 Å². The molecule has 0 amide bonds. The zero-order valence-electron chi connectivity index (χ0n) is 27.3. The van der Waals surface area contributed by atoms with E-state index in [4.69, 9.17) is 19.2 Å². The number of hydrogen-bond acceptors (Lipinski definition) is 5. The van der Waals surface area contributed by atoms with Crippen LogP contribution in [0.5, 0.6) is 17.2 Å². The molecule has 6 rings (SSSR count). The third-order valence-electron chi connectivity index (χ3n) is 7.99. The van der Waals surface area contributed by atoms with Crippen molar-refractivity contribution in [3.63, 3.8) is 0 Å². The van der Waals surface area contributed by atoms with E-state index in [1.807, 2.05) is 109 Å². The highest BCUT2D eigenvalue weighted by molar-refractivity contribution is 5.91. The van der Waals surface area contributed by atoms with E-state index in [2.05, 4.69) is 18.4 Å². The van der Waals surface area contributed by atoms with E-state index < -0.39 is 5.97 Å². The Morgan fingerprint density at radius 3 is 1.81 bits per heavy atom. The fourth-order valence-corrected chi connectivity index (χ4v) is 5.73. The maximum atomic E-state index is 12.0. The van der Waals surface area contributed by atoms with Crippen molar-refractivity contribution in [3.8, 4) is 45.6 Å². The van der Waals surface area contributed by atoms with Crippen molar-refractivity contribution in [2.45, 2.75) is 33.5 Å². The molecule has 0 fully saturated rings. The lowest BCUT2D eigenvalue weighted by Gasteiger charge is -2.18. The highest BCUT2D eigenvalue weighted by Crippen LogP contribution is 2.41. The average Bonchev–Trinajstić information content (AvgIpc) is 3.48. The molecule has 0 spiro atoms. The van der Waals surface area contributed by atoms with Gasteiger partial charge in [0, 0.05) is 11.6 Å². The monoisotopic (exact) mass is 638 g/mol. The Morgan fingerprint density at radius 2 is 1.25 bits per heavy atom. The van der Waals surface area contributed by atoms with Crippen molar-refractivity contribution < 1.29 is 24.1 Å². The van der Waals surface area contributed by atoms with Gasteiger partial charge in [-0.05, 0) is 59.9 Å². The topological polar surface area (TPSA) is 82.8 Å². The summed E-state index contributed by atoms with van der Waals surface area (Å²) in [6.45, 7) is 5.14. The van der Waals surface area contributed by atoms with Crippen molar-refractivity contribution in [2.75, 3.05) is 7.11 Å². The molecular formula is C41H38N2O5. The first-order valence-electron chi connectivity index (χ1n) is 16.0. The summed E-state index contributed by atoms with van der Waals surface area (Å²) in [6.07, 6.45) is 0.686. The van der Waals surface area contributed by atoms with Crippen LogP contribution < -0.4 is 14.2 Å². The third-order valence-corrected chi connectivity index (χ3v) is 7.99. The number of nitrogens with zero attached hydrogens (tertiary/aromatic N) is 2. The molecule has 0 saturated carbocycles. The number of aromatic nitrogens is 2. The van der Waals surface area contributed by atoms with Gasteiger partial charge in [-0.15, -0.1) is 0 Å². The molecule has 0 saturated heterocycles. The molecular weight excluding hydrogens is 600 g/mol. The standard InChI is InChI=1S/C41H38N2O5/c1-28(2)24-35-39(32-18-10-12-20-36(32)47-26-29-14-6-4-7-15-29)42-40(43(35)31-22-23-34(41(44)45)38(25-31)46-3)33-19-11-13-21-37(33)48-27-30-16-8-5-9-17-30/h4-23,25,28H,24,26-27H2,1-3H3,(H,44,45). The fraction of sp³-hybridized carbons (Fsp3) is 0.171. The van der Waals surface area contributed by atoms with Gasteiger partial charge in [-0.25, -0.2) is 9.78 Å². The van der Waals surface area contributed by atoms with Crippen LogP contribution in [0.15, 0.2) is 127 Å². The van der Waals surface area contributed by atoms with Crippen LogP contribution in [0.1, 0.15) is 41.0 Å². The van der Waals surface area contributed by atoms with Gasteiger partial charge in [-0.1, -0.05) is 98.8 Å². The van der Waals surface area contributed by atoms with Crippen LogP contribution in [0.3, 0.4) is 0 Å². The molecule has 0 aliphatic heterocycles. The van der Waals surface area contributed by atoms with Crippen molar-refractivity contribution >= 4 is 5.97 Å². The molecule has 48 heavy (non-hydrogen) atoms. The minimum Gasteiger partial charge on any atom is -0.496 e. The molecule has 6 aromatic rings. The van der Waals surface area contributed by atoms with Crippen LogP contribution in [0.4, 0.5) is 0 Å². The molecule has 0 unspecified atom stereocenters. The molecule has 0 radical (unpaired) electrons. The van der Waals surface area contributed by atoms with Crippen LogP contribution in [-0.4, -0.2) is 27.7 Å². The number of benzene rings is 5. The summed E-state index contributed by atoms with van der Waals surface area (Å²) >= 11 is 0. The molecule has 242 valence electrons. The average molecular weight is 639 g/mol. The van der Waals surface area contributed by atoms with Gasteiger partial charge in [0.1, 0.15) is 41.9 Å². The number of imidazole rings is 1. The van der Waals surface area contributed by atoms with Crippen LogP contribution in [0.2, 0.25) is 0 Å². The number of hydrogen-bond donors (Lipinski definition) is 1. The summed E-state index contributed by atoms with van der Waals surface area (Å²) in [6, 6.07) is 41.1. The van der Waals surface area contributed by atoms with E-state index in [0.717, 1.165) is 45.1 Å². The number of carboxylic acid groups (broad SMARTS) is 1. The minimum absolute atomic E-state index is 0.0831. The lowest BCUT2D eigenvalue weighted by molar-refractivity contribution is 0.0693. The molecule has 0 aliphatic carbocycles. The van der Waals surface area contributed by atoms with Gasteiger partial charge in [-0.2, -0.15) is 0 Å². The quantitative estimate of drug-likeness (QED) is 0.136. The number of para-hydroxylation sites is 2. The Kier molecular flexibility index (Phi) is 9.86. The number of methoxy groups -OCH3 is 1. The van der Waals surface area contributed by atoms with Crippen LogP contribution in [0, 0.1) is 5.92 Å². The molecule has 1 aromatic heterocycles. The zero-order valence-corrected chi connectivity index (χ0v) is 27.3. The lowest BCUT2D eigenvalue weighted by atomic mass is 10.0. The van der Waals surface area contributed by atoms with Gasteiger partial charge in [0.05, 0.1) is 29.7 Å². The van der Waals surface area contributed by atoms with E-state index in [0.29, 0.717) is 31.2 Å². The van der Waals surface area contributed by atoms with Gasteiger partial charge < -0.3 is 19.3 Å². The minimum atomic E-state index is -1.06. The molecule has 7 heteroatoms. The SMILES string of the molecule is COc1cc(-n2c(-c3ccccc3OCc3ccccc3)nc(-c3ccccc3OCc3ccccc3)c2CC(C)C)ccc1C(=O)O. The number of rotatable bonds is 13. The second-order valence-electron chi connectivity index (χ2n) is 11.9. The third kappa shape index (κ3) is 7.10. The summed E-state index contributed by atoms with van der Waals surface area (Å²) in [5, 5.41) is 9.84. The molecule has 0 atom stereocenters. The predicted molar refractivity (Wildman–Crippen MR) is 188 cm³/mol. The molecule has 1 N–H and O–H groups in total. The zero-order chi connectivity index (χ0) is 33.5.